The molecule has 5 rings (SSSR count). The molecule has 0 atom stereocenters. The van der Waals surface area contributed by atoms with Crippen molar-refractivity contribution in [3.8, 4) is 5.69 Å². The van der Waals surface area contributed by atoms with Crippen molar-refractivity contribution in [1.29, 1.82) is 0 Å². The fraction of sp³-hybridized carbons (Fsp3) is 0.320. The van der Waals surface area contributed by atoms with Crippen LogP contribution < -0.4 is 5.32 Å². The fourth-order valence-corrected chi connectivity index (χ4v) is 4.42. The van der Waals surface area contributed by atoms with Gasteiger partial charge in [-0.15, -0.1) is 0 Å². The number of rotatable bonds is 5. The van der Waals surface area contributed by atoms with E-state index in [2.05, 4.69) is 32.1 Å². The number of fused-ring (bicyclic) bond motifs is 1. The number of hydrogen-bond acceptors (Lipinski definition) is 3. The van der Waals surface area contributed by atoms with E-state index < -0.39 is 5.67 Å². The third kappa shape index (κ3) is 4.15. The molecule has 1 N–H and O–H groups in total. The molecule has 32 heavy (non-hydrogen) atoms. The molecule has 0 saturated heterocycles. The molecule has 1 fully saturated rings. The summed E-state index contributed by atoms with van der Waals surface area (Å²) >= 11 is 0. The molecule has 3 heterocycles. The first-order valence-corrected chi connectivity index (χ1v) is 11.0. The summed E-state index contributed by atoms with van der Waals surface area (Å²) in [5.41, 5.74) is 3.14. The Balaban J connectivity index is 1.36. The van der Waals surface area contributed by atoms with Crippen LogP contribution in [0.5, 0.6) is 0 Å². The van der Waals surface area contributed by atoms with Gasteiger partial charge in [0.1, 0.15) is 11.2 Å². The number of pyridine rings is 1. The number of halogens is 1. The number of alkyl halides is 1. The predicted molar refractivity (Wildman–Crippen MR) is 122 cm³/mol. The first kappa shape index (κ1) is 20.4. The van der Waals surface area contributed by atoms with E-state index in [-0.39, 0.29) is 11.9 Å². The lowest BCUT2D eigenvalue weighted by Gasteiger charge is -2.31. The Hall–Kier alpha value is -3.48. The van der Waals surface area contributed by atoms with Crippen LogP contribution in [0, 0.1) is 0 Å². The second-order valence-corrected chi connectivity index (χ2v) is 8.82. The summed E-state index contributed by atoms with van der Waals surface area (Å²) in [6.45, 7) is 2.27. The molecule has 1 aromatic carbocycles. The lowest BCUT2D eigenvalue weighted by atomic mass is 9.85. The van der Waals surface area contributed by atoms with Crippen LogP contribution in [0.15, 0.2) is 67.3 Å². The average molecular weight is 432 g/mol. The minimum atomic E-state index is -1.12. The van der Waals surface area contributed by atoms with E-state index in [0.29, 0.717) is 43.3 Å². The molecule has 7 heteroatoms. The molecule has 3 aromatic heterocycles. The molecule has 6 nitrogen and oxygen atoms in total. The number of carbonyl (C=O) groups excluding carboxylic acids is 1. The number of aromatic nitrogens is 4. The Morgan fingerprint density at radius 3 is 2.66 bits per heavy atom. The van der Waals surface area contributed by atoms with E-state index >= 15 is 0 Å². The van der Waals surface area contributed by atoms with Gasteiger partial charge in [-0.25, -0.2) is 9.07 Å². The maximum Gasteiger partial charge on any atom is 0.255 e. The van der Waals surface area contributed by atoms with Gasteiger partial charge in [-0.3, -0.25) is 9.78 Å². The first-order chi connectivity index (χ1) is 15.5. The van der Waals surface area contributed by atoms with Crippen molar-refractivity contribution < 1.29 is 9.18 Å². The van der Waals surface area contributed by atoms with E-state index in [9.17, 15) is 9.18 Å². The maximum absolute atomic E-state index is 14.1. The number of hydrogen-bond donors (Lipinski definition) is 1. The summed E-state index contributed by atoms with van der Waals surface area (Å²) < 4.78 is 18.0. The summed E-state index contributed by atoms with van der Waals surface area (Å²) in [7, 11) is 0. The van der Waals surface area contributed by atoms with Crippen LogP contribution in [0.4, 0.5) is 4.39 Å². The molecule has 1 aliphatic carbocycles. The number of amides is 1. The minimum absolute atomic E-state index is 0.00303. The lowest BCUT2D eigenvalue weighted by molar-refractivity contribution is 0.0851. The van der Waals surface area contributed by atoms with Gasteiger partial charge < -0.3 is 9.88 Å². The molecule has 0 spiro atoms. The molecule has 1 saturated carbocycles. The highest BCUT2D eigenvalue weighted by Gasteiger charge is 2.31. The topological polar surface area (TPSA) is 64.7 Å². The van der Waals surface area contributed by atoms with Gasteiger partial charge in [0.05, 0.1) is 16.8 Å². The molecule has 4 aromatic rings. The number of carbonyl (C=O) groups is 1. The molecular weight excluding hydrogens is 405 g/mol. The SMILES string of the molecule is CC1(F)CCC(NC(=O)c2cn(Cc3ccc(-n4cccn4)cc3)c3cccnc23)CC1. The predicted octanol–water partition coefficient (Wildman–Crippen LogP) is 4.67. The fourth-order valence-electron chi connectivity index (χ4n) is 4.42. The normalized spacial score (nSPS) is 21.0. The van der Waals surface area contributed by atoms with Gasteiger partial charge in [-0.2, -0.15) is 5.10 Å². The molecule has 0 radical (unpaired) electrons. The van der Waals surface area contributed by atoms with Crippen LogP contribution in [0.1, 0.15) is 48.5 Å². The summed E-state index contributed by atoms with van der Waals surface area (Å²) in [6.07, 6.45) is 9.52. The first-order valence-electron chi connectivity index (χ1n) is 11.0. The molecule has 0 bridgehead atoms. The lowest BCUT2D eigenvalue weighted by Crippen LogP contribution is -2.40. The van der Waals surface area contributed by atoms with E-state index in [4.69, 9.17) is 0 Å². The van der Waals surface area contributed by atoms with Crippen molar-refractivity contribution in [2.45, 2.75) is 50.9 Å². The summed E-state index contributed by atoms with van der Waals surface area (Å²) in [5.74, 6) is -0.144. The molecule has 1 aliphatic rings. The smallest absolute Gasteiger partial charge is 0.255 e. The Labute approximate surface area is 186 Å². The van der Waals surface area contributed by atoms with E-state index in [0.717, 1.165) is 16.8 Å². The highest BCUT2D eigenvalue weighted by molar-refractivity contribution is 6.05. The highest BCUT2D eigenvalue weighted by Crippen LogP contribution is 2.31. The van der Waals surface area contributed by atoms with Crippen molar-refractivity contribution in [3.63, 3.8) is 0 Å². The molecule has 0 unspecified atom stereocenters. The van der Waals surface area contributed by atoms with Gasteiger partial charge in [0.15, 0.2) is 0 Å². The molecule has 164 valence electrons. The van der Waals surface area contributed by atoms with Crippen LogP contribution >= 0.6 is 0 Å². The summed E-state index contributed by atoms with van der Waals surface area (Å²) in [5, 5.41) is 7.35. The van der Waals surface area contributed by atoms with Crippen LogP contribution in [-0.2, 0) is 6.54 Å². The number of nitrogens with one attached hydrogen (secondary N) is 1. The Kier molecular flexibility index (Phi) is 5.25. The van der Waals surface area contributed by atoms with Crippen molar-refractivity contribution in [1.82, 2.24) is 24.6 Å². The monoisotopic (exact) mass is 431 g/mol. The molecular formula is C25H26FN5O. The third-order valence-corrected chi connectivity index (χ3v) is 6.30. The summed E-state index contributed by atoms with van der Waals surface area (Å²) in [6, 6.07) is 13.9. The zero-order valence-electron chi connectivity index (χ0n) is 18.0. The van der Waals surface area contributed by atoms with Crippen LogP contribution in [0.3, 0.4) is 0 Å². The standard InChI is InChI=1S/C25H26FN5O/c1-25(26)11-9-19(10-12-25)29-24(32)21-17-30(22-4-2-13-27-23(21)22)16-18-5-7-20(8-6-18)31-15-3-14-28-31/h2-8,13-15,17,19H,9-12,16H2,1H3,(H,29,32). The van der Waals surface area contributed by atoms with Gasteiger partial charge >= 0.3 is 0 Å². The maximum atomic E-state index is 14.1. The zero-order chi connectivity index (χ0) is 22.1. The molecule has 0 aliphatic heterocycles. The zero-order valence-corrected chi connectivity index (χ0v) is 18.0. The third-order valence-electron chi connectivity index (χ3n) is 6.30. The Bertz CT molecular complexity index is 1220. The van der Waals surface area contributed by atoms with Crippen LogP contribution in [0.25, 0.3) is 16.7 Å². The molecule has 1 amide bonds. The van der Waals surface area contributed by atoms with Gasteiger partial charge in [-0.1, -0.05) is 12.1 Å². The van der Waals surface area contributed by atoms with Crippen molar-refractivity contribution >= 4 is 16.9 Å². The van der Waals surface area contributed by atoms with E-state index in [1.54, 1.807) is 19.3 Å². The highest BCUT2D eigenvalue weighted by atomic mass is 19.1. The quantitative estimate of drug-likeness (QED) is 0.499. The number of nitrogens with zero attached hydrogens (tertiary/aromatic N) is 4. The van der Waals surface area contributed by atoms with E-state index in [1.807, 2.05) is 47.4 Å². The van der Waals surface area contributed by atoms with Gasteiger partial charge in [-0.05, 0) is 68.5 Å². The van der Waals surface area contributed by atoms with Gasteiger partial charge in [0, 0.05) is 37.4 Å². The second-order valence-electron chi connectivity index (χ2n) is 8.82. The number of benzene rings is 1. The Morgan fingerprint density at radius 1 is 1.16 bits per heavy atom. The second kappa shape index (κ2) is 8.22. The largest absolute Gasteiger partial charge is 0.349 e. The summed E-state index contributed by atoms with van der Waals surface area (Å²) in [4.78, 5) is 17.5. The van der Waals surface area contributed by atoms with Gasteiger partial charge in [0.25, 0.3) is 5.91 Å². The van der Waals surface area contributed by atoms with Crippen molar-refractivity contribution in [3.05, 3.63) is 78.4 Å². The minimum Gasteiger partial charge on any atom is -0.349 e. The Morgan fingerprint density at radius 2 is 1.94 bits per heavy atom. The van der Waals surface area contributed by atoms with Crippen LogP contribution in [0.2, 0.25) is 0 Å². The average Bonchev–Trinajstić information content (AvgIpc) is 3.45. The van der Waals surface area contributed by atoms with E-state index in [1.165, 1.54) is 0 Å². The van der Waals surface area contributed by atoms with Gasteiger partial charge in [0.2, 0.25) is 0 Å². The van der Waals surface area contributed by atoms with Crippen molar-refractivity contribution in [2.24, 2.45) is 0 Å². The van der Waals surface area contributed by atoms with Crippen molar-refractivity contribution in [2.75, 3.05) is 0 Å². The van der Waals surface area contributed by atoms with Crippen LogP contribution in [-0.4, -0.2) is 36.9 Å².